The molecule has 2 fully saturated rings. The molecule has 9 heteroatoms. The number of sulfonamides is 1. The van der Waals surface area contributed by atoms with Crippen LogP contribution in [0.1, 0.15) is 25.3 Å². The second kappa shape index (κ2) is 8.69. The van der Waals surface area contributed by atoms with Gasteiger partial charge in [-0.25, -0.2) is 8.42 Å². The van der Waals surface area contributed by atoms with Crippen LogP contribution in [-0.2, 0) is 10.0 Å². The van der Waals surface area contributed by atoms with Gasteiger partial charge in [-0.3, -0.25) is 0 Å². The standard InChI is InChI=1S/C21H28ClN5O2S/c1-16-7-9-25(10-8-16)20-5-6-21(24-23-20)26-11-13-27(14-12-26)30(28,29)19-15-18(22)4-3-17(19)2/h3-6,15-16H,7-14H2,1-2H3. The molecule has 0 amide bonds. The predicted octanol–water partition coefficient (Wildman–Crippen LogP) is 3.19. The first-order valence-corrected chi connectivity index (χ1v) is 12.3. The Morgan fingerprint density at radius 3 is 2.03 bits per heavy atom. The molecule has 0 saturated carbocycles. The first-order chi connectivity index (χ1) is 14.3. The van der Waals surface area contributed by atoms with Crippen LogP contribution in [0.4, 0.5) is 11.6 Å². The van der Waals surface area contributed by atoms with Crippen molar-refractivity contribution in [2.75, 3.05) is 49.1 Å². The maximum Gasteiger partial charge on any atom is 0.243 e. The number of aromatic nitrogens is 2. The summed E-state index contributed by atoms with van der Waals surface area (Å²) >= 11 is 6.03. The first kappa shape index (κ1) is 21.3. The molecule has 2 aliphatic rings. The molecule has 0 atom stereocenters. The molecule has 0 unspecified atom stereocenters. The summed E-state index contributed by atoms with van der Waals surface area (Å²) in [6.45, 7) is 8.09. The maximum absolute atomic E-state index is 13.1. The van der Waals surface area contributed by atoms with Crippen molar-refractivity contribution in [1.82, 2.24) is 14.5 Å². The summed E-state index contributed by atoms with van der Waals surface area (Å²) in [5, 5.41) is 9.27. The summed E-state index contributed by atoms with van der Waals surface area (Å²) < 4.78 is 27.6. The van der Waals surface area contributed by atoms with E-state index in [2.05, 4.69) is 26.9 Å². The minimum absolute atomic E-state index is 0.281. The van der Waals surface area contributed by atoms with Gasteiger partial charge in [0.25, 0.3) is 0 Å². The smallest absolute Gasteiger partial charge is 0.243 e. The molecular formula is C21H28ClN5O2S. The van der Waals surface area contributed by atoms with Gasteiger partial charge in [-0.15, -0.1) is 10.2 Å². The van der Waals surface area contributed by atoms with Crippen molar-refractivity contribution >= 4 is 33.3 Å². The van der Waals surface area contributed by atoms with E-state index in [4.69, 9.17) is 11.6 Å². The van der Waals surface area contributed by atoms with Crippen molar-refractivity contribution in [2.45, 2.75) is 31.6 Å². The zero-order valence-electron chi connectivity index (χ0n) is 17.5. The number of piperidine rings is 1. The van der Waals surface area contributed by atoms with Gasteiger partial charge in [0.1, 0.15) is 0 Å². The molecule has 2 saturated heterocycles. The number of nitrogens with zero attached hydrogens (tertiary/aromatic N) is 5. The van der Waals surface area contributed by atoms with Crippen LogP contribution < -0.4 is 9.80 Å². The van der Waals surface area contributed by atoms with Crippen molar-refractivity contribution in [2.24, 2.45) is 5.92 Å². The number of hydrogen-bond donors (Lipinski definition) is 0. The van der Waals surface area contributed by atoms with Gasteiger partial charge in [0.2, 0.25) is 10.0 Å². The Balaban J connectivity index is 1.40. The van der Waals surface area contributed by atoms with E-state index in [0.29, 0.717) is 36.8 Å². The SMILES string of the molecule is Cc1ccc(Cl)cc1S(=O)(=O)N1CCN(c2ccc(N3CCC(C)CC3)nn2)CC1. The fourth-order valence-electron chi connectivity index (χ4n) is 4.04. The number of rotatable bonds is 4. The lowest BCUT2D eigenvalue weighted by Gasteiger charge is -2.35. The van der Waals surface area contributed by atoms with Crippen LogP contribution in [0.2, 0.25) is 5.02 Å². The highest BCUT2D eigenvalue weighted by molar-refractivity contribution is 7.89. The van der Waals surface area contributed by atoms with Gasteiger partial charge in [0, 0.05) is 44.3 Å². The Morgan fingerprint density at radius 1 is 0.900 bits per heavy atom. The van der Waals surface area contributed by atoms with E-state index in [0.717, 1.165) is 30.6 Å². The van der Waals surface area contributed by atoms with Crippen molar-refractivity contribution in [3.05, 3.63) is 40.9 Å². The highest BCUT2D eigenvalue weighted by atomic mass is 35.5. The molecule has 0 bridgehead atoms. The van der Waals surface area contributed by atoms with Crippen molar-refractivity contribution in [3.8, 4) is 0 Å². The average molecular weight is 450 g/mol. The van der Waals surface area contributed by atoms with E-state index in [1.807, 2.05) is 12.1 Å². The Bertz CT molecular complexity index is 983. The average Bonchev–Trinajstić information content (AvgIpc) is 2.76. The topological polar surface area (TPSA) is 69.6 Å². The molecule has 2 aliphatic heterocycles. The summed E-state index contributed by atoms with van der Waals surface area (Å²) in [5.74, 6) is 2.49. The van der Waals surface area contributed by atoms with Gasteiger partial charge in [-0.1, -0.05) is 24.6 Å². The number of anilines is 2. The zero-order valence-corrected chi connectivity index (χ0v) is 19.0. The van der Waals surface area contributed by atoms with E-state index in [1.54, 1.807) is 19.1 Å². The van der Waals surface area contributed by atoms with Gasteiger partial charge >= 0.3 is 0 Å². The third-order valence-corrected chi connectivity index (χ3v) is 8.35. The number of hydrogen-bond acceptors (Lipinski definition) is 6. The highest BCUT2D eigenvalue weighted by Crippen LogP contribution is 2.26. The van der Waals surface area contributed by atoms with Crippen LogP contribution in [0, 0.1) is 12.8 Å². The summed E-state index contributed by atoms with van der Waals surface area (Å²) in [6.07, 6.45) is 2.37. The molecular weight excluding hydrogens is 422 g/mol. The molecule has 0 aliphatic carbocycles. The lowest BCUT2D eigenvalue weighted by molar-refractivity contribution is 0.383. The van der Waals surface area contributed by atoms with Crippen LogP contribution >= 0.6 is 11.6 Å². The zero-order chi connectivity index (χ0) is 21.3. The fourth-order valence-corrected chi connectivity index (χ4v) is 5.95. The van der Waals surface area contributed by atoms with Crippen LogP contribution in [0.3, 0.4) is 0 Å². The normalized spacial score (nSPS) is 19.3. The number of piperazine rings is 1. The Hall–Kier alpha value is -1.90. The van der Waals surface area contributed by atoms with Crippen LogP contribution in [-0.4, -0.2) is 62.2 Å². The molecule has 2 aromatic rings. The fraction of sp³-hybridized carbons (Fsp3) is 0.524. The second-order valence-electron chi connectivity index (χ2n) is 8.22. The number of benzene rings is 1. The van der Waals surface area contributed by atoms with Gasteiger partial charge in [-0.2, -0.15) is 4.31 Å². The van der Waals surface area contributed by atoms with E-state index in [-0.39, 0.29) is 4.90 Å². The van der Waals surface area contributed by atoms with Crippen molar-refractivity contribution in [1.29, 1.82) is 0 Å². The summed E-state index contributed by atoms with van der Waals surface area (Å²) in [6, 6.07) is 9.00. The highest BCUT2D eigenvalue weighted by Gasteiger charge is 2.30. The third-order valence-electron chi connectivity index (χ3n) is 6.07. The van der Waals surface area contributed by atoms with Crippen molar-refractivity contribution in [3.63, 3.8) is 0 Å². The van der Waals surface area contributed by atoms with E-state index >= 15 is 0 Å². The molecule has 4 rings (SSSR count). The lowest BCUT2D eigenvalue weighted by Crippen LogP contribution is -2.49. The molecule has 1 aromatic carbocycles. The first-order valence-electron chi connectivity index (χ1n) is 10.4. The number of aryl methyl sites for hydroxylation is 1. The van der Waals surface area contributed by atoms with Crippen molar-refractivity contribution < 1.29 is 8.42 Å². The van der Waals surface area contributed by atoms with Gasteiger partial charge < -0.3 is 9.80 Å². The largest absolute Gasteiger partial charge is 0.355 e. The monoisotopic (exact) mass is 449 g/mol. The maximum atomic E-state index is 13.1. The summed E-state index contributed by atoms with van der Waals surface area (Å²) in [5.41, 5.74) is 0.704. The van der Waals surface area contributed by atoms with Crippen LogP contribution in [0.5, 0.6) is 0 Å². The molecule has 1 aromatic heterocycles. The lowest BCUT2D eigenvalue weighted by atomic mass is 9.99. The van der Waals surface area contributed by atoms with Crippen LogP contribution in [0.15, 0.2) is 35.2 Å². The Kier molecular flexibility index (Phi) is 6.18. The van der Waals surface area contributed by atoms with Crippen LogP contribution in [0.25, 0.3) is 0 Å². The number of halogens is 1. The molecule has 3 heterocycles. The molecule has 0 N–H and O–H groups in total. The second-order valence-corrected chi connectivity index (χ2v) is 10.6. The molecule has 30 heavy (non-hydrogen) atoms. The minimum Gasteiger partial charge on any atom is -0.355 e. The Labute approximate surface area is 183 Å². The molecule has 162 valence electrons. The summed E-state index contributed by atoms with van der Waals surface area (Å²) in [4.78, 5) is 4.66. The van der Waals surface area contributed by atoms with Gasteiger partial charge in [0.15, 0.2) is 11.6 Å². The third kappa shape index (κ3) is 4.40. The van der Waals surface area contributed by atoms with E-state index < -0.39 is 10.0 Å². The van der Waals surface area contributed by atoms with Gasteiger partial charge in [0.05, 0.1) is 4.90 Å². The summed E-state index contributed by atoms with van der Waals surface area (Å²) in [7, 11) is -3.57. The molecule has 0 spiro atoms. The van der Waals surface area contributed by atoms with E-state index in [9.17, 15) is 8.42 Å². The molecule has 7 nitrogen and oxygen atoms in total. The minimum atomic E-state index is -3.57. The van der Waals surface area contributed by atoms with E-state index in [1.165, 1.54) is 23.2 Å². The van der Waals surface area contributed by atoms with Gasteiger partial charge in [-0.05, 0) is 55.5 Å². The predicted molar refractivity (Wildman–Crippen MR) is 120 cm³/mol. The Morgan fingerprint density at radius 2 is 1.47 bits per heavy atom. The molecule has 0 radical (unpaired) electrons. The quantitative estimate of drug-likeness (QED) is 0.714.